The molecule has 0 saturated heterocycles. The molecule has 2 N–H and O–H groups in total. The van der Waals surface area contributed by atoms with E-state index in [0.717, 1.165) is 5.56 Å². The Hall–Kier alpha value is -3.69. The smallest absolute Gasteiger partial charge is 0.338 e. The van der Waals surface area contributed by atoms with Crippen LogP contribution in [0, 0.1) is 0 Å². The van der Waals surface area contributed by atoms with Crippen molar-refractivity contribution in [2.45, 2.75) is 18.2 Å². The summed E-state index contributed by atoms with van der Waals surface area (Å²) in [5.74, 6) is -0.472. The fraction of sp³-hybridized carbons (Fsp3) is 0.200. The number of carbonyl (C=O) groups is 2. The van der Waals surface area contributed by atoms with Crippen LogP contribution in [0.4, 0.5) is 5.69 Å². The maximum absolute atomic E-state index is 12.5. The zero-order valence-corrected chi connectivity index (χ0v) is 19.5. The Balaban J connectivity index is 1.46. The average Bonchev–Trinajstić information content (AvgIpc) is 2.84. The van der Waals surface area contributed by atoms with E-state index in [1.807, 2.05) is 30.3 Å². The monoisotopic (exact) mass is 482 g/mol. The molecule has 3 rings (SSSR count). The standard InChI is InChI=1S/C25H26N2O6S/c1-2-32-25(29)20-8-10-21(11-9-20)27-24(28)18-33-22-12-14-23(15-13-22)34(30,31)26-17-16-19-6-4-3-5-7-19/h3-15,26H,2,16-18H2,1H3,(H,27,28). The summed E-state index contributed by atoms with van der Waals surface area (Å²) < 4.78 is 37.9. The largest absolute Gasteiger partial charge is 0.484 e. The van der Waals surface area contributed by atoms with E-state index in [9.17, 15) is 18.0 Å². The number of hydrogen-bond acceptors (Lipinski definition) is 6. The number of anilines is 1. The number of hydrogen-bond donors (Lipinski definition) is 2. The third kappa shape index (κ3) is 7.43. The maximum Gasteiger partial charge on any atom is 0.338 e. The summed E-state index contributed by atoms with van der Waals surface area (Å²) in [6, 6.07) is 21.7. The lowest BCUT2D eigenvalue weighted by Gasteiger charge is -2.10. The van der Waals surface area contributed by atoms with Crippen LogP contribution in [-0.2, 0) is 26.0 Å². The van der Waals surface area contributed by atoms with Gasteiger partial charge in [-0.1, -0.05) is 30.3 Å². The molecule has 0 fully saturated rings. The first-order chi connectivity index (χ1) is 16.4. The molecular formula is C25H26N2O6S. The van der Waals surface area contributed by atoms with E-state index >= 15 is 0 Å². The molecule has 0 saturated carbocycles. The molecule has 0 aliphatic heterocycles. The number of carbonyl (C=O) groups excluding carboxylic acids is 2. The van der Waals surface area contributed by atoms with Crippen LogP contribution in [0.5, 0.6) is 5.75 Å². The van der Waals surface area contributed by atoms with Gasteiger partial charge in [0.1, 0.15) is 5.75 Å². The molecule has 3 aromatic rings. The predicted octanol–water partition coefficient (Wildman–Crippen LogP) is 3.40. The van der Waals surface area contributed by atoms with E-state index in [4.69, 9.17) is 9.47 Å². The Kier molecular flexibility index (Phi) is 8.78. The highest BCUT2D eigenvalue weighted by molar-refractivity contribution is 7.89. The van der Waals surface area contributed by atoms with Crippen molar-refractivity contribution in [3.8, 4) is 5.75 Å². The van der Waals surface area contributed by atoms with E-state index < -0.39 is 21.9 Å². The van der Waals surface area contributed by atoms with Gasteiger partial charge < -0.3 is 14.8 Å². The molecular weight excluding hydrogens is 456 g/mol. The number of amides is 1. The van der Waals surface area contributed by atoms with E-state index in [1.165, 1.54) is 24.3 Å². The number of nitrogens with one attached hydrogen (secondary N) is 2. The molecule has 178 valence electrons. The molecule has 34 heavy (non-hydrogen) atoms. The lowest BCUT2D eigenvalue weighted by molar-refractivity contribution is -0.118. The summed E-state index contributed by atoms with van der Waals surface area (Å²) in [5, 5.41) is 2.66. The molecule has 0 aromatic heterocycles. The molecule has 8 nitrogen and oxygen atoms in total. The summed E-state index contributed by atoms with van der Waals surface area (Å²) >= 11 is 0. The molecule has 0 bridgehead atoms. The summed E-state index contributed by atoms with van der Waals surface area (Å²) in [4.78, 5) is 23.9. The molecule has 0 aliphatic carbocycles. The van der Waals surface area contributed by atoms with E-state index in [-0.39, 0.29) is 24.7 Å². The van der Waals surface area contributed by atoms with Crippen LogP contribution in [0.25, 0.3) is 0 Å². The molecule has 0 spiro atoms. The molecule has 0 atom stereocenters. The summed E-state index contributed by atoms with van der Waals surface area (Å²) in [6.07, 6.45) is 0.585. The average molecular weight is 483 g/mol. The Morgan fingerprint density at radius 1 is 0.882 bits per heavy atom. The van der Waals surface area contributed by atoms with Gasteiger partial charge in [0.05, 0.1) is 17.1 Å². The third-order valence-corrected chi connectivity index (χ3v) is 6.21. The van der Waals surface area contributed by atoms with Gasteiger partial charge in [-0.25, -0.2) is 17.9 Å². The first kappa shape index (κ1) is 24.9. The highest BCUT2D eigenvalue weighted by Gasteiger charge is 2.14. The third-order valence-electron chi connectivity index (χ3n) is 4.73. The van der Waals surface area contributed by atoms with Crippen LogP contribution in [0.3, 0.4) is 0 Å². The number of sulfonamides is 1. The zero-order valence-electron chi connectivity index (χ0n) is 18.7. The Bertz CT molecular complexity index is 1190. The number of ether oxygens (including phenoxy) is 2. The van der Waals surface area contributed by atoms with Crippen LogP contribution in [0.1, 0.15) is 22.8 Å². The molecule has 0 heterocycles. The fourth-order valence-electron chi connectivity index (χ4n) is 3.02. The Morgan fingerprint density at radius 3 is 2.21 bits per heavy atom. The highest BCUT2D eigenvalue weighted by Crippen LogP contribution is 2.16. The first-order valence-corrected chi connectivity index (χ1v) is 12.2. The van der Waals surface area contributed by atoms with Crippen molar-refractivity contribution in [2.75, 3.05) is 25.1 Å². The lowest BCUT2D eigenvalue weighted by atomic mass is 10.2. The number of esters is 1. The zero-order chi connectivity index (χ0) is 24.4. The van der Waals surface area contributed by atoms with Gasteiger partial charge in [0.15, 0.2) is 6.61 Å². The normalized spacial score (nSPS) is 11.0. The topological polar surface area (TPSA) is 111 Å². The van der Waals surface area contributed by atoms with Crippen molar-refractivity contribution in [3.63, 3.8) is 0 Å². The van der Waals surface area contributed by atoms with Crippen LogP contribution >= 0.6 is 0 Å². The van der Waals surface area contributed by atoms with Gasteiger partial charge in [0.2, 0.25) is 10.0 Å². The van der Waals surface area contributed by atoms with Gasteiger partial charge in [-0.15, -0.1) is 0 Å². The van der Waals surface area contributed by atoms with Crippen molar-refractivity contribution in [1.29, 1.82) is 0 Å². The molecule has 0 radical (unpaired) electrons. The molecule has 0 aliphatic rings. The van der Waals surface area contributed by atoms with E-state index in [2.05, 4.69) is 10.0 Å². The fourth-order valence-corrected chi connectivity index (χ4v) is 4.05. The van der Waals surface area contributed by atoms with Crippen molar-refractivity contribution < 1.29 is 27.5 Å². The van der Waals surface area contributed by atoms with Crippen molar-refractivity contribution in [3.05, 3.63) is 90.0 Å². The molecule has 1 amide bonds. The maximum atomic E-state index is 12.5. The second-order valence-corrected chi connectivity index (χ2v) is 9.01. The van der Waals surface area contributed by atoms with E-state index in [1.54, 1.807) is 31.2 Å². The van der Waals surface area contributed by atoms with Crippen LogP contribution in [0.2, 0.25) is 0 Å². The van der Waals surface area contributed by atoms with Crippen molar-refractivity contribution in [2.24, 2.45) is 0 Å². The van der Waals surface area contributed by atoms with Gasteiger partial charge in [-0.2, -0.15) is 0 Å². The lowest BCUT2D eigenvalue weighted by Crippen LogP contribution is -2.26. The van der Waals surface area contributed by atoms with Crippen LogP contribution in [0.15, 0.2) is 83.8 Å². The van der Waals surface area contributed by atoms with Crippen molar-refractivity contribution >= 4 is 27.6 Å². The quantitative estimate of drug-likeness (QED) is 0.405. The SMILES string of the molecule is CCOC(=O)c1ccc(NC(=O)COc2ccc(S(=O)(=O)NCCc3ccccc3)cc2)cc1. The second-order valence-electron chi connectivity index (χ2n) is 7.24. The molecule has 0 unspecified atom stereocenters. The minimum absolute atomic E-state index is 0.110. The Labute approximate surface area is 199 Å². The van der Waals surface area contributed by atoms with Gasteiger partial charge in [-0.3, -0.25) is 4.79 Å². The van der Waals surface area contributed by atoms with Crippen molar-refractivity contribution in [1.82, 2.24) is 4.72 Å². The number of benzene rings is 3. The highest BCUT2D eigenvalue weighted by atomic mass is 32.2. The predicted molar refractivity (Wildman–Crippen MR) is 128 cm³/mol. The van der Waals surface area contributed by atoms with Crippen LogP contribution < -0.4 is 14.8 Å². The minimum Gasteiger partial charge on any atom is -0.484 e. The molecule has 9 heteroatoms. The Morgan fingerprint density at radius 2 is 1.56 bits per heavy atom. The number of rotatable bonds is 11. The summed E-state index contributed by atoms with van der Waals surface area (Å²) in [5.41, 5.74) is 1.94. The minimum atomic E-state index is -3.65. The van der Waals surface area contributed by atoms with Gasteiger partial charge in [0, 0.05) is 12.2 Å². The summed E-state index contributed by atoms with van der Waals surface area (Å²) in [7, 11) is -3.65. The van der Waals surface area contributed by atoms with Gasteiger partial charge in [0.25, 0.3) is 5.91 Å². The summed E-state index contributed by atoms with van der Waals surface area (Å²) in [6.45, 7) is 2.03. The van der Waals surface area contributed by atoms with Crippen LogP contribution in [-0.4, -0.2) is 40.1 Å². The second kappa shape index (κ2) is 12.0. The van der Waals surface area contributed by atoms with Gasteiger partial charge >= 0.3 is 5.97 Å². The van der Waals surface area contributed by atoms with Gasteiger partial charge in [-0.05, 0) is 67.4 Å². The van der Waals surface area contributed by atoms with E-state index in [0.29, 0.717) is 23.4 Å². The first-order valence-electron chi connectivity index (χ1n) is 10.7. The molecule has 3 aromatic carbocycles.